The second-order valence-corrected chi connectivity index (χ2v) is 7.29. The Morgan fingerprint density at radius 3 is 1.50 bits per heavy atom. The van der Waals surface area contributed by atoms with E-state index in [1.165, 1.54) is 0 Å². The maximum Gasteiger partial charge on any atom is 0.141 e. The molecule has 0 N–H and O–H groups in total. The van der Waals surface area contributed by atoms with E-state index in [0.717, 1.165) is 53.3 Å². The third-order valence-corrected chi connectivity index (χ3v) is 5.88. The summed E-state index contributed by atoms with van der Waals surface area (Å²) < 4.78 is 2.14. The molecule has 0 bridgehead atoms. The Morgan fingerprint density at radius 2 is 1.04 bits per heavy atom. The molecule has 0 atom stereocenters. The minimum atomic E-state index is 0.819. The van der Waals surface area contributed by atoms with Gasteiger partial charge in [0.15, 0.2) is 0 Å². The van der Waals surface area contributed by atoms with Crippen LogP contribution in [0.1, 0.15) is 0 Å². The first-order chi connectivity index (χ1) is 11.7. The molecule has 2 aromatic carbocycles. The zero-order valence-corrected chi connectivity index (χ0v) is 14.2. The van der Waals surface area contributed by atoms with Crippen molar-refractivity contribution < 1.29 is 0 Å². The van der Waals surface area contributed by atoms with Crippen molar-refractivity contribution in [1.82, 2.24) is 40.0 Å². The normalized spacial score (nSPS) is 12.6. The smallest absolute Gasteiger partial charge is 0.141 e. The molecule has 4 heterocycles. The predicted molar refractivity (Wildman–Crippen MR) is 94.4 cm³/mol. The van der Waals surface area contributed by atoms with Crippen LogP contribution in [0.5, 0.6) is 0 Å². The molecule has 10 heteroatoms. The van der Waals surface area contributed by atoms with Gasteiger partial charge in [-0.2, -0.15) is 30.0 Å². The van der Waals surface area contributed by atoms with E-state index in [9.17, 15) is 0 Å². The van der Waals surface area contributed by atoms with Crippen molar-refractivity contribution in [2.24, 2.45) is 14.1 Å². The Labute approximate surface area is 141 Å². The van der Waals surface area contributed by atoms with Crippen molar-refractivity contribution in [2.45, 2.75) is 0 Å². The summed E-state index contributed by atoms with van der Waals surface area (Å²) in [6, 6.07) is 0. The van der Waals surface area contributed by atoms with Crippen molar-refractivity contribution in [3.63, 3.8) is 0 Å². The van der Waals surface area contributed by atoms with Gasteiger partial charge in [0.1, 0.15) is 33.1 Å². The fourth-order valence-corrected chi connectivity index (χ4v) is 5.01. The zero-order valence-electron chi connectivity index (χ0n) is 12.5. The van der Waals surface area contributed by atoms with Crippen LogP contribution in [0.15, 0.2) is 11.0 Å². The highest BCUT2D eigenvalue weighted by Crippen LogP contribution is 2.43. The second-order valence-electron chi connectivity index (χ2n) is 5.58. The van der Waals surface area contributed by atoms with E-state index in [-0.39, 0.29) is 0 Å². The molecule has 0 fully saturated rings. The summed E-state index contributed by atoms with van der Waals surface area (Å²) in [5, 5.41) is 20.4. The molecule has 6 rings (SSSR count). The quantitative estimate of drug-likeness (QED) is 0.418. The maximum atomic E-state index is 4.61. The van der Waals surface area contributed by atoms with Gasteiger partial charge >= 0.3 is 0 Å². The number of aryl methyl sites for hydroxylation is 2. The monoisotopic (exact) mass is 352 g/mol. The lowest BCUT2D eigenvalue weighted by molar-refractivity contribution is 0.665. The molecule has 24 heavy (non-hydrogen) atoms. The van der Waals surface area contributed by atoms with Crippen LogP contribution in [0.4, 0.5) is 0 Å². The van der Waals surface area contributed by atoms with Gasteiger partial charge < -0.3 is 0 Å². The Morgan fingerprint density at radius 1 is 0.625 bits per heavy atom. The number of benzene rings is 2. The number of hydrogen-bond donors (Lipinski definition) is 0. The minimum Gasteiger partial charge on any atom is -0.242 e. The number of rotatable bonds is 0. The SMILES string of the molecule is Cn1nc2c3ncsc3c3c4nn(C)nc4c4ncsc4c3c2n1. The summed E-state index contributed by atoms with van der Waals surface area (Å²) >= 11 is 3.19. The molecule has 0 spiro atoms. The molecule has 0 amide bonds. The van der Waals surface area contributed by atoms with Gasteiger partial charge in [-0.3, -0.25) is 0 Å². The summed E-state index contributed by atoms with van der Waals surface area (Å²) in [7, 11) is 3.66. The van der Waals surface area contributed by atoms with Gasteiger partial charge in [-0.05, 0) is 0 Å². The average molecular weight is 352 g/mol. The van der Waals surface area contributed by atoms with E-state index in [0.29, 0.717) is 0 Å². The highest BCUT2D eigenvalue weighted by Gasteiger charge is 2.23. The maximum absolute atomic E-state index is 4.61. The van der Waals surface area contributed by atoms with Gasteiger partial charge in [0.05, 0.1) is 20.4 Å². The topological polar surface area (TPSA) is 87.2 Å². The van der Waals surface area contributed by atoms with E-state index >= 15 is 0 Å². The Balaban J connectivity index is 2.14. The fourth-order valence-electron chi connectivity index (χ4n) is 3.33. The molecule has 0 aliphatic rings. The molecule has 0 saturated heterocycles. The first kappa shape index (κ1) is 12.7. The van der Waals surface area contributed by atoms with Gasteiger partial charge in [-0.15, -0.1) is 22.7 Å². The van der Waals surface area contributed by atoms with E-state index < -0.39 is 0 Å². The van der Waals surface area contributed by atoms with Gasteiger partial charge in [0.25, 0.3) is 0 Å². The number of aromatic nitrogens is 8. The molecule has 0 aliphatic carbocycles. The van der Waals surface area contributed by atoms with Gasteiger partial charge in [-0.25, -0.2) is 9.97 Å². The Bertz CT molecular complexity index is 1320. The zero-order chi connectivity index (χ0) is 16.0. The first-order valence-corrected chi connectivity index (χ1v) is 8.94. The second kappa shape index (κ2) is 4.02. The highest BCUT2D eigenvalue weighted by molar-refractivity contribution is 7.19. The van der Waals surface area contributed by atoms with E-state index in [4.69, 9.17) is 0 Å². The average Bonchev–Trinajstić information content (AvgIpc) is 3.29. The molecule has 0 unspecified atom stereocenters. The Hall–Kier alpha value is -2.72. The van der Waals surface area contributed by atoms with Crippen molar-refractivity contribution in [3.8, 4) is 0 Å². The van der Waals surface area contributed by atoms with Crippen LogP contribution in [-0.2, 0) is 14.1 Å². The molecule has 0 radical (unpaired) electrons. The lowest BCUT2D eigenvalue weighted by Crippen LogP contribution is -1.90. The Kier molecular flexibility index (Phi) is 2.12. The first-order valence-electron chi connectivity index (χ1n) is 7.18. The molecular weight excluding hydrogens is 344 g/mol. The van der Waals surface area contributed by atoms with Crippen LogP contribution in [0.3, 0.4) is 0 Å². The van der Waals surface area contributed by atoms with Crippen LogP contribution in [0.2, 0.25) is 0 Å². The van der Waals surface area contributed by atoms with Gasteiger partial charge in [0, 0.05) is 24.9 Å². The van der Waals surface area contributed by atoms with Gasteiger partial charge in [-0.1, -0.05) is 0 Å². The largest absolute Gasteiger partial charge is 0.242 e. The number of thiazole rings is 2. The van der Waals surface area contributed by atoms with Crippen LogP contribution in [-0.4, -0.2) is 40.0 Å². The molecule has 0 aliphatic heterocycles. The summed E-state index contributed by atoms with van der Waals surface area (Å²) in [5.74, 6) is 0. The number of nitrogens with zero attached hydrogens (tertiary/aromatic N) is 8. The summed E-state index contributed by atoms with van der Waals surface area (Å²) in [5.41, 5.74) is 8.74. The summed E-state index contributed by atoms with van der Waals surface area (Å²) in [6.07, 6.45) is 0. The lowest BCUT2D eigenvalue weighted by Gasteiger charge is -2.02. The third-order valence-electron chi connectivity index (χ3n) is 4.19. The molecular formula is C14H8N8S2. The summed E-state index contributed by atoms with van der Waals surface area (Å²) in [4.78, 5) is 12.2. The van der Waals surface area contributed by atoms with Crippen molar-refractivity contribution in [2.75, 3.05) is 0 Å². The molecule has 6 aromatic rings. The van der Waals surface area contributed by atoms with E-state index in [2.05, 4.69) is 30.4 Å². The van der Waals surface area contributed by atoms with Crippen molar-refractivity contribution in [1.29, 1.82) is 0 Å². The fraction of sp³-hybridized carbons (Fsp3) is 0.143. The van der Waals surface area contributed by atoms with E-state index in [1.54, 1.807) is 32.3 Å². The highest BCUT2D eigenvalue weighted by atomic mass is 32.1. The summed E-state index contributed by atoms with van der Waals surface area (Å²) in [6.45, 7) is 0. The molecule has 4 aromatic heterocycles. The van der Waals surface area contributed by atoms with E-state index in [1.807, 2.05) is 25.1 Å². The molecule has 0 saturated carbocycles. The lowest BCUT2D eigenvalue weighted by atomic mass is 10.1. The van der Waals surface area contributed by atoms with Crippen LogP contribution >= 0.6 is 22.7 Å². The van der Waals surface area contributed by atoms with Crippen LogP contribution in [0.25, 0.3) is 53.3 Å². The molecule has 116 valence electrons. The standard InChI is InChI=1S/C14H8N8S2/c1-21-17-7-5-6(14-11(9(7)19-21)15-3-24-14)8-10(20-22(2)18-8)12-13(5)23-4-16-12/h3-4H,1-2H3. The number of hydrogen-bond acceptors (Lipinski definition) is 8. The van der Waals surface area contributed by atoms with Crippen molar-refractivity contribution >= 4 is 75.9 Å². The van der Waals surface area contributed by atoms with Crippen molar-refractivity contribution in [3.05, 3.63) is 11.0 Å². The minimum absolute atomic E-state index is 0.819. The van der Waals surface area contributed by atoms with Crippen LogP contribution in [0, 0.1) is 0 Å². The molecule has 8 nitrogen and oxygen atoms in total. The number of fused-ring (bicyclic) bond motifs is 11. The van der Waals surface area contributed by atoms with Gasteiger partial charge in [0.2, 0.25) is 0 Å². The third kappa shape index (κ3) is 1.34. The predicted octanol–water partition coefficient (Wildman–Crippen LogP) is 2.62. The van der Waals surface area contributed by atoms with Crippen LogP contribution < -0.4 is 0 Å².